The standard InChI is InChI=1S/C16H25BrO3/c1-4-19-15-7-5-6-14(12-17)16(15)20-11-10-18-9-8-13(2)3/h5-7,13H,4,8-12H2,1-3H3. The van der Waals surface area contributed by atoms with Gasteiger partial charge in [0.1, 0.15) is 6.61 Å². The smallest absolute Gasteiger partial charge is 0.165 e. The topological polar surface area (TPSA) is 27.7 Å². The molecule has 0 aliphatic heterocycles. The summed E-state index contributed by atoms with van der Waals surface area (Å²) in [5, 5.41) is 0.747. The average molecular weight is 345 g/mol. The minimum atomic E-state index is 0.544. The molecule has 4 heteroatoms. The van der Waals surface area contributed by atoms with Crippen LogP contribution in [0, 0.1) is 5.92 Å². The Bertz CT molecular complexity index is 380. The van der Waals surface area contributed by atoms with Crippen molar-refractivity contribution in [3.8, 4) is 11.5 Å². The first-order valence-electron chi connectivity index (χ1n) is 7.20. The second-order valence-electron chi connectivity index (χ2n) is 4.95. The van der Waals surface area contributed by atoms with E-state index in [1.165, 1.54) is 0 Å². The lowest BCUT2D eigenvalue weighted by molar-refractivity contribution is 0.0911. The molecule has 1 aromatic rings. The van der Waals surface area contributed by atoms with Crippen molar-refractivity contribution in [3.63, 3.8) is 0 Å². The molecule has 0 radical (unpaired) electrons. The van der Waals surface area contributed by atoms with E-state index < -0.39 is 0 Å². The van der Waals surface area contributed by atoms with Crippen LogP contribution in [-0.4, -0.2) is 26.4 Å². The molecule has 1 aromatic carbocycles. The molecule has 0 aliphatic carbocycles. The van der Waals surface area contributed by atoms with Gasteiger partial charge in [0.15, 0.2) is 11.5 Å². The van der Waals surface area contributed by atoms with Gasteiger partial charge in [-0.2, -0.15) is 0 Å². The van der Waals surface area contributed by atoms with Crippen LogP contribution in [0.5, 0.6) is 11.5 Å². The van der Waals surface area contributed by atoms with Crippen LogP contribution < -0.4 is 9.47 Å². The van der Waals surface area contributed by atoms with Crippen LogP contribution in [0.4, 0.5) is 0 Å². The van der Waals surface area contributed by atoms with Gasteiger partial charge in [-0.05, 0) is 25.3 Å². The van der Waals surface area contributed by atoms with Crippen LogP contribution in [-0.2, 0) is 10.1 Å². The Morgan fingerprint density at radius 2 is 1.90 bits per heavy atom. The highest BCUT2D eigenvalue weighted by Gasteiger charge is 2.10. The van der Waals surface area contributed by atoms with Crippen molar-refractivity contribution >= 4 is 15.9 Å². The highest BCUT2D eigenvalue weighted by Crippen LogP contribution is 2.32. The quantitative estimate of drug-likeness (QED) is 0.464. The first-order valence-corrected chi connectivity index (χ1v) is 8.32. The van der Waals surface area contributed by atoms with Crippen LogP contribution in [0.25, 0.3) is 0 Å². The summed E-state index contributed by atoms with van der Waals surface area (Å²) in [6.07, 6.45) is 1.09. The second kappa shape index (κ2) is 10.1. The van der Waals surface area contributed by atoms with Crippen molar-refractivity contribution in [1.82, 2.24) is 0 Å². The number of alkyl halides is 1. The van der Waals surface area contributed by atoms with Gasteiger partial charge in [0.2, 0.25) is 0 Å². The Morgan fingerprint density at radius 3 is 2.55 bits per heavy atom. The third kappa shape index (κ3) is 6.14. The fourth-order valence-electron chi connectivity index (χ4n) is 1.72. The third-order valence-electron chi connectivity index (χ3n) is 2.82. The molecule has 3 nitrogen and oxygen atoms in total. The normalized spacial score (nSPS) is 10.8. The summed E-state index contributed by atoms with van der Waals surface area (Å²) in [4.78, 5) is 0. The number of hydrogen-bond acceptors (Lipinski definition) is 3. The summed E-state index contributed by atoms with van der Waals surface area (Å²) >= 11 is 3.48. The van der Waals surface area contributed by atoms with Gasteiger partial charge in [-0.15, -0.1) is 0 Å². The van der Waals surface area contributed by atoms with Gasteiger partial charge in [0, 0.05) is 17.5 Å². The Kier molecular flexibility index (Phi) is 8.70. The summed E-state index contributed by atoms with van der Waals surface area (Å²) in [5.41, 5.74) is 1.10. The maximum atomic E-state index is 5.84. The van der Waals surface area contributed by atoms with Gasteiger partial charge in [0.05, 0.1) is 13.2 Å². The fourth-order valence-corrected chi connectivity index (χ4v) is 2.16. The van der Waals surface area contributed by atoms with Crippen LogP contribution in [0.3, 0.4) is 0 Å². The van der Waals surface area contributed by atoms with Gasteiger partial charge in [-0.25, -0.2) is 0 Å². The van der Waals surface area contributed by atoms with E-state index in [9.17, 15) is 0 Å². The highest BCUT2D eigenvalue weighted by molar-refractivity contribution is 9.08. The van der Waals surface area contributed by atoms with Crippen molar-refractivity contribution < 1.29 is 14.2 Å². The largest absolute Gasteiger partial charge is 0.490 e. The Hall–Kier alpha value is -0.740. The molecule has 0 N–H and O–H groups in total. The zero-order valence-electron chi connectivity index (χ0n) is 12.7. The van der Waals surface area contributed by atoms with Crippen molar-refractivity contribution in [1.29, 1.82) is 0 Å². The molecule has 0 saturated carbocycles. The molecule has 20 heavy (non-hydrogen) atoms. The van der Waals surface area contributed by atoms with E-state index >= 15 is 0 Å². The van der Waals surface area contributed by atoms with Crippen LogP contribution in [0.2, 0.25) is 0 Å². The first kappa shape index (κ1) is 17.3. The minimum absolute atomic E-state index is 0.544. The number of hydrogen-bond donors (Lipinski definition) is 0. The van der Waals surface area contributed by atoms with Gasteiger partial charge in [0.25, 0.3) is 0 Å². The van der Waals surface area contributed by atoms with Crippen molar-refractivity contribution in [2.24, 2.45) is 5.92 Å². The molecule has 0 bridgehead atoms. The fraction of sp³-hybridized carbons (Fsp3) is 0.625. The molecule has 0 heterocycles. The van der Waals surface area contributed by atoms with E-state index in [-0.39, 0.29) is 0 Å². The third-order valence-corrected chi connectivity index (χ3v) is 3.42. The molecule has 0 atom stereocenters. The molecule has 1 rings (SSSR count). The van der Waals surface area contributed by atoms with Crippen LogP contribution >= 0.6 is 15.9 Å². The van der Waals surface area contributed by atoms with E-state index in [2.05, 4.69) is 29.8 Å². The zero-order valence-corrected chi connectivity index (χ0v) is 14.2. The lowest BCUT2D eigenvalue weighted by Crippen LogP contribution is -2.10. The van der Waals surface area contributed by atoms with Crippen molar-refractivity contribution in [2.45, 2.75) is 32.5 Å². The van der Waals surface area contributed by atoms with E-state index in [0.717, 1.165) is 35.4 Å². The lowest BCUT2D eigenvalue weighted by atomic mass is 10.1. The van der Waals surface area contributed by atoms with Crippen molar-refractivity contribution in [2.75, 3.05) is 26.4 Å². The number of ether oxygens (including phenoxy) is 3. The molecular formula is C16H25BrO3. The highest BCUT2D eigenvalue weighted by atomic mass is 79.9. The molecule has 0 saturated heterocycles. The maximum absolute atomic E-state index is 5.84. The maximum Gasteiger partial charge on any atom is 0.165 e. The molecule has 0 amide bonds. The molecule has 0 unspecified atom stereocenters. The molecule has 0 aromatic heterocycles. The monoisotopic (exact) mass is 344 g/mol. The van der Waals surface area contributed by atoms with E-state index in [4.69, 9.17) is 14.2 Å². The zero-order chi connectivity index (χ0) is 14.8. The lowest BCUT2D eigenvalue weighted by Gasteiger charge is -2.15. The Labute approximate surface area is 130 Å². The number of rotatable bonds is 10. The summed E-state index contributed by atoms with van der Waals surface area (Å²) < 4.78 is 17.0. The Balaban J connectivity index is 2.45. The predicted molar refractivity (Wildman–Crippen MR) is 86.0 cm³/mol. The van der Waals surface area contributed by atoms with Crippen molar-refractivity contribution in [3.05, 3.63) is 23.8 Å². The van der Waals surface area contributed by atoms with Gasteiger partial charge < -0.3 is 14.2 Å². The summed E-state index contributed by atoms with van der Waals surface area (Å²) in [6, 6.07) is 5.95. The van der Waals surface area contributed by atoms with E-state index in [1.807, 2.05) is 25.1 Å². The summed E-state index contributed by atoms with van der Waals surface area (Å²) in [7, 11) is 0. The predicted octanol–water partition coefficient (Wildman–Crippen LogP) is 4.42. The first-order chi connectivity index (χ1) is 9.69. The van der Waals surface area contributed by atoms with Crippen LogP contribution in [0.15, 0.2) is 18.2 Å². The van der Waals surface area contributed by atoms with Gasteiger partial charge in [-0.1, -0.05) is 41.9 Å². The molecule has 114 valence electrons. The molecular weight excluding hydrogens is 320 g/mol. The SMILES string of the molecule is CCOc1cccc(CBr)c1OCCOCCC(C)C. The molecule has 0 fully saturated rings. The number of halogens is 1. The average Bonchev–Trinajstić information content (AvgIpc) is 2.43. The number of para-hydroxylation sites is 1. The summed E-state index contributed by atoms with van der Waals surface area (Å²) in [6.45, 7) is 8.93. The number of benzene rings is 1. The van der Waals surface area contributed by atoms with Gasteiger partial charge in [-0.3, -0.25) is 0 Å². The second-order valence-corrected chi connectivity index (χ2v) is 5.52. The van der Waals surface area contributed by atoms with E-state index in [1.54, 1.807) is 0 Å². The van der Waals surface area contributed by atoms with Gasteiger partial charge >= 0.3 is 0 Å². The van der Waals surface area contributed by atoms with Crippen LogP contribution in [0.1, 0.15) is 32.8 Å². The summed E-state index contributed by atoms with van der Waals surface area (Å²) in [5.74, 6) is 2.29. The van der Waals surface area contributed by atoms with E-state index in [0.29, 0.717) is 25.7 Å². The Morgan fingerprint density at radius 1 is 1.10 bits per heavy atom. The molecule has 0 spiro atoms. The minimum Gasteiger partial charge on any atom is -0.490 e. The molecule has 0 aliphatic rings.